The van der Waals surface area contributed by atoms with Gasteiger partial charge in [-0.15, -0.1) is 0 Å². The molecule has 14 heteroatoms. The second-order valence-corrected chi connectivity index (χ2v) is 13.5. The van der Waals surface area contributed by atoms with Crippen molar-refractivity contribution in [3.8, 4) is 11.5 Å². The van der Waals surface area contributed by atoms with Gasteiger partial charge in [0.25, 0.3) is 0 Å². The number of carbonyl (C=O) groups excluding carboxylic acids is 1. The van der Waals surface area contributed by atoms with Gasteiger partial charge in [0.1, 0.15) is 24.7 Å². The molecule has 0 aliphatic carbocycles. The van der Waals surface area contributed by atoms with Gasteiger partial charge in [0.15, 0.2) is 0 Å². The van der Waals surface area contributed by atoms with Crippen LogP contribution in [0.1, 0.15) is 64.4 Å². The van der Waals surface area contributed by atoms with Crippen molar-refractivity contribution >= 4 is 11.6 Å². The number of unbranched alkanes of at least 4 members (excludes halogenated alkanes) is 6. The van der Waals surface area contributed by atoms with Gasteiger partial charge in [-0.2, -0.15) is 0 Å². The molecule has 59 heavy (non-hydrogen) atoms. The van der Waals surface area contributed by atoms with E-state index in [-0.39, 0.29) is 5.91 Å². The van der Waals surface area contributed by atoms with E-state index in [4.69, 9.17) is 56.8 Å². The van der Waals surface area contributed by atoms with E-state index in [9.17, 15) is 4.79 Å². The number of carbonyl (C=O) groups is 1. The highest BCUT2D eigenvalue weighted by Crippen LogP contribution is 2.16. The Morgan fingerprint density at radius 1 is 0.390 bits per heavy atom. The molecule has 2 rings (SSSR count). The van der Waals surface area contributed by atoms with Gasteiger partial charge in [-0.25, -0.2) is 0 Å². The molecule has 0 radical (unpaired) electrons. The van der Waals surface area contributed by atoms with E-state index in [2.05, 4.69) is 36.5 Å². The summed E-state index contributed by atoms with van der Waals surface area (Å²) in [5.74, 6) is 1.49. The minimum absolute atomic E-state index is 0.108. The summed E-state index contributed by atoms with van der Waals surface area (Å²) in [4.78, 5) is 11.1. The number of rotatable bonds is 44. The van der Waals surface area contributed by atoms with E-state index in [1.165, 1.54) is 57.4 Å². The van der Waals surface area contributed by atoms with Crippen molar-refractivity contribution < 1.29 is 61.6 Å². The molecule has 1 N–H and O–H groups in total. The molecule has 0 spiro atoms. The Balaban J connectivity index is 1.17. The van der Waals surface area contributed by atoms with Gasteiger partial charge in [0, 0.05) is 12.6 Å². The van der Waals surface area contributed by atoms with Gasteiger partial charge in [-0.1, -0.05) is 57.6 Å². The third kappa shape index (κ3) is 34.5. The number of nitrogens with one attached hydrogen (secondary N) is 1. The smallest absolute Gasteiger partial charge is 0.221 e. The first-order chi connectivity index (χ1) is 29.2. The highest BCUT2D eigenvalue weighted by Gasteiger charge is 2.01. The number of amides is 1. The summed E-state index contributed by atoms with van der Waals surface area (Å²) in [5.41, 5.74) is 2.11. The minimum Gasteiger partial charge on any atom is -0.491 e. The topological polar surface area (TPSA) is 140 Å². The number of hydrogen-bond acceptors (Lipinski definition) is 13. The van der Waals surface area contributed by atoms with Crippen molar-refractivity contribution in [2.24, 2.45) is 0 Å². The van der Waals surface area contributed by atoms with Crippen LogP contribution in [0.5, 0.6) is 11.5 Å². The summed E-state index contributed by atoms with van der Waals surface area (Å²) in [7, 11) is 0. The molecule has 2 aromatic rings. The fourth-order valence-corrected chi connectivity index (χ4v) is 5.39. The van der Waals surface area contributed by atoms with Crippen LogP contribution in [0.4, 0.5) is 5.69 Å². The number of hydrogen-bond donors (Lipinski definition) is 1. The molecule has 1 amide bonds. The van der Waals surface area contributed by atoms with E-state index in [0.717, 1.165) is 17.9 Å². The van der Waals surface area contributed by atoms with Crippen LogP contribution in [0.15, 0.2) is 48.5 Å². The monoisotopic (exact) mass is 838 g/mol. The summed E-state index contributed by atoms with van der Waals surface area (Å²) < 4.78 is 66.7. The van der Waals surface area contributed by atoms with Crippen LogP contribution in [0.25, 0.3) is 0 Å². The van der Waals surface area contributed by atoms with Gasteiger partial charge in [0.05, 0.1) is 132 Å². The highest BCUT2D eigenvalue weighted by molar-refractivity contribution is 5.88. The molecule has 14 nitrogen and oxygen atoms in total. The Morgan fingerprint density at radius 3 is 1.00 bits per heavy atom. The maximum atomic E-state index is 11.1. The molecule has 0 aliphatic rings. The zero-order valence-corrected chi connectivity index (χ0v) is 36.1. The molecular weight excluding hydrogens is 762 g/mol. The number of anilines is 1. The highest BCUT2D eigenvalue weighted by atomic mass is 16.6. The SMILES string of the molecule is CCCCCCCCCc1ccc(OCCOCCOCCOCCOCCOCCOCCOCCOCCOCCOCCOc2ccc(NC(C)=O)cc2)cc1. The molecule has 0 aliphatic heterocycles. The molecule has 0 aromatic heterocycles. The van der Waals surface area contributed by atoms with Gasteiger partial charge in [-0.3, -0.25) is 4.79 Å². The summed E-state index contributed by atoms with van der Waals surface area (Å²) in [6.07, 6.45) is 10.5. The maximum absolute atomic E-state index is 11.1. The Labute approximate surface area is 354 Å². The van der Waals surface area contributed by atoms with Crippen molar-refractivity contribution in [2.75, 3.05) is 151 Å². The minimum atomic E-state index is -0.108. The third-order valence-corrected chi connectivity index (χ3v) is 8.51. The maximum Gasteiger partial charge on any atom is 0.221 e. The standard InChI is InChI=1S/C45H75NO13/c1-3-4-5-6-7-8-9-10-42-11-15-44(16-12-42)58-39-37-56-35-33-54-31-29-52-27-25-50-23-21-48-19-20-49-22-24-51-26-28-53-30-32-55-34-36-57-38-40-59-45-17-13-43(14-18-45)46-41(2)47/h11-18H,3-10,19-40H2,1-2H3,(H,46,47). The van der Waals surface area contributed by atoms with Crippen molar-refractivity contribution in [1.29, 1.82) is 0 Å². The number of benzene rings is 2. The van der Waals surface area contributed by atoms with Crippen LogP contribution in [0, 0.1) is 0 Å². The number of aryl methyl sites for hydroxylation is 1. The van der Waals surface area contributed by atoms with Crippen molar-refractivity contribution in [2.45, 2.75) is 65.2 Å². The average Bonchev–Trinajstić information content (AvgIpc) is 3.24. The molecular formula is C45H75NO13. The van der Waals surface area contributed by atoms with Gasteiger partial charge in [-0.05, 0) is 54.8 Å². The predicted molar refractivity (Wildman–Crippen MR) is 228 cm³/mol. The molecule has 0 heterocycles. The molecule has 0 saturated carbocycles. The second-order valence-electron chi connectivity index (χ2n) is 13.5. The first kappa shape index (κ1) is 52.2. The van der Waals surface area contributed by atoms with Crippen LogP contribution in [-0.2, 0) is 58.6 Å². The Hall–Kier alpha value is -2.89. The lowest BCUT2D eigenvalue weighted by Crippen LogP contribution is -2.15. The average molecular weight is 838 g/mol. The second kappa shape index (κ2) is 40.5. The summed E-state index contributed by atoms with van der Waals surface area (Å²) in [6, 6.07) is 15.6. The largest absolute Gasteiger partial charge is 0.491 e. The normalized spacial score (nSPS) is 11.3. The zero-order chi connectivity index (χ0) is 41.9. The van der Waals surface area contributed by atoms with E-state index in [0.29, 0.717) is 151 Å². The summed E-state index contributed by atoms with van der Waals surface area (Å²) >= 11 is 0. The Bertz CT molecular complexity index is 1190. The van der Waals surface area contributed by atoms with Crippen molar-refractivity contribution in [1.82, 2.24) is 0 Å². The zero-order valence-electron chi connectivity index (χ0n) is 36.1. The molecule has 0 fully saturated rings. The molecule has 0 unspecified atom stereocenters. The van der Waals surface area contributed by atoms with E-state index in [1.807, 2.05) is 0 Å². The molecule has 338 valence electrons. The lowest BCUT2D eigenvalue weighted by atomic mass is 10.0. The van der Waals surface area contributed by atoms with Crippen LogP contribution in [-0.4, -0.2) is 151 Å². The first-order valence-electron chi connectivity index (χ1n) is 21.7. The van der Waals surface area contributed by atoms with Crippen LogP contribution >= 0.6 is 0 Å². The fourth-order valence-electron chi connectivity index (χ4n) is 5.39. The molecule has 2 aromatic carbocycles. The summed E-state index contributed by atoms with van der Waals surface area (Å²) in [6.45, 7) is 14.7. The quantitative estimate of drug-likeness (QED) is 0.0722. The fraction of sp³-hybridized carbons (Fsp3) is 0.711. The van der Waals surface area contributed by atoms with Crippen LogP contribution in [0.2, 0.25) is 0 Å². The van der Waals surface area contributed by atoms with E-state index >= 15 is 0 Å². The van der Waals surface area contributed by atoms with Crippen molar-refractivity contribution in [3.63, 3.8) is 0 Å². The van der Waals surface area contributed by atoms with Gasteiger partial charge < -0.3 is 62.2 Å². The first-order valence-corrected chi connectivity index (χ1v) is 21.7. The molecule has 0 atom stereocenters. The lowest BCUT2D eigenvalue weighted by molar-refractivity contribution is -0.114. The Kier molecular flexibility index (Phi) is 35.9. The Morgan fingerprint density at radius 2 is 0.678 bits per heavy atom. The predicted octanol–water partition coefficient (Wildman–Crippen LogP) is 6.56. The molecule has 0 bridgehead atoms. The van der Waals surface area contributed by atoms with E-state index < -0.39 is 0 Å². The molecule has 0 saturated heterocycles. The summed E-state index contributed by atoms with van der Waals surface area (Å²) in [5, 5.41) is 2.71. The van der Waals surface area contributed by atoms with Crippen molar-refractivity contribution in [3.05, 3.63) is 54.1 Å². The lowest BCUT2D eigenvalue weighted by Gasteiger charge is -2.09. The van der Waals surface area contributed by atoms with Crippen LogP contribution < -0.4 is 14.8 Å². The third-order valence-electron chi connectivity index (χ3n) is 8.51. The van der Waals surface area contributed by atoms with Gasteiger partial charge in [0.2, 0.25) is 5.91 Å². The van der Waals surface area contributed by atoms with Gasteiger partial charge >= 0.3 is 0 Å². The van der Waals surface area contributed by atoms with E-state index in [1.54, 1.807) is 24.3 Å². The van der Waals surface area contributed by atoms with Crippen LogP contribution in [0.3, 0.4) is 0 Å². The number of ether oxygens (including phenoxy) is 12.